The lowest BCUT2D eigenvalue weighted by molar-refractivity contribution is -0.116. The maximum Gasteiger partial charge on any atom is 0.244 e. The average molecular weight is 359 g/mol. The minimum absolute atomic E-state index is 0.0964. The van der Waals surface area contributed by atoms with E-state index in [1.807, 2.05) is 56.3 Å². The van der Waals surface area contributed by atoms with E-state index in [9.17, 15) is 4.79 Å². The van der Waals surface area contributed by atoms with Crippen molar-refractivity contribution in [1.82, 2.24) is 5.32 Å². The summed E-state index contributed by atoms with van der Waals surface area (Å²) in [6, 6.07) is 14.3. The molecule has 138 valence electrons. The molecule has 3 rings (SSSR count). The molecule has 27 heavy (non-hydrogen) atoms. The normalized spacial score (nSPS) is 12.4. The van der Waals surface area contributed by atoms with E-state index >= 15 is 0 Å². The van der Waals surface area contributed by atoms with Crippen LogP contribution in [0.3, 0.4) is 0 Å². The number of nitrogens with one attached hydrogen (secondary N) is 1. The maximum absolute atomic E-state index is 11.8. The number of amides is 1. The molecule has 0 fully saturated rings. The van der Waals surface area contributed by atoms with Crippen LogP contribution in [-0.2, 0) is 11.2 Å². The molecule has 0 aliphatic heterocycles. The van der Waals surface area contributed by atoms with E-state index in [0.29, 0.717) is 6.54 Å². The van der Waals surface area contributed by atoms with Gasteiger partial charge in [-0.05, 0) is 35.6 Å². The van der Waals surface area contributed by atoms with Gasteiger partial charge in [-0.3, -0.25) is 4.79 Å². The van der Waals surface area contributed by atoms with Crippen LogP contribution in [0, 0.1) is 5.41 Å². The summed E-state index contributed by atoms with van der Waals surface area (Å²) in [6.45, 7) is 8.41. The molecule has 0 spiro atoms. The van der Waals surface area contributed by atoms with Crippen LogP contribution in [0.5, 0.6) is 0 Å². The summed E-state index contributed by atoms with van der Waals surface area (Å²) < 4.78 is 5.85. The fourth-order valence-electron chi connectivity index (χ4n) is 2.77. The van der Waals surface area contributed by atoms with Gasteiger partial charge in [0.25, 0.3) is 0 Å². The fourth-order valence-corrected chi connectivity index (χ4v) is 2.77. The number of allylic oxidation sites excluding steroid dienone is 3. The molecule has 3 heteroatoms. The van der Waals surface area contributed by atoms with Crippen LogP contribution in [0.1, 0.15) is 19.4 Å². The highest BCUT2D eigenvalue weighted by atomic mass is 16.3. The Hall–Kier alpha value is -3.07. The highest BCUT2D eigenvalue weighted by Crippen LogP contribution is 2.29. The number of hydrogen-bond donors (Lipinski definition) is 1. The van der Waals surface area contributed by atoms with Gasteiger partial charge in [-0.2, -0.15) is 0 Å². The highest BCUT2D eigenvalue weighted by molar-refractivity contribution is 6.04. The van der Waals surface area contributed by atoms with Gasteiger partial charge in [0.05, 0.1) is 0 Å². The van der Waals surface area contributed by atoms with E-state index in [0.717, 1.165) is 28.4 Å². The molecule has 0 unspecified atom stereocenters. The van der Waals surface area contributed by atoms with Crippen LogP contribution >= 0.6 is 0 Å². The topological polar surface area (TPSA) is 42.2 Å². The summed E-state index contributed by atoms with van der Waals surface area (Å²) >= 11 is 0. The van der Waals surface area contributed by atoms with Gasteiger partial charge in [0.15, 0.2) is 0 Å². The van der Waals surface area contributed by atoms with Crippen molar-refractivity contribution >= 4 is 27.8 Å². The monoisotopic (exact) mass is 359 g/mol. The Morgan fingerprint density at radius 3 is 2.70 bits per heavy atom. The second-order valence-corrected chi connectivity index (χ2v) is 7.33. The molecule has 3 aromatic rings. The minimum atomic E-state index is -0.102. The third-order valence-corrected chi connectivity index (χ3v) is 4.56. The Morgan fingerprint density at radius 1 is 1.11 bits per heavy atom. The van der Waals surface area contributed by atoms with Gasteiger partial charge in [-0.25, -0.2) is 0 Å². The summed E-state index contributed by atoms with van der Waals surface area (Å²) in [4.78, 5) is 11.8. The number of furan rings is 1. The minimum Gasteiger partial charge on any atom is -0.456 e. The molecule has 0 aliphatic carbocycles. The average Bonchev–Trinajstić information content (AvgIpc) is 3.04. The van der Waals surface area contributed by atoms with Gasteiger partial charge >= 0.3 is 0 Å². The van der Waals surface area contributed by atoms with Gasteiger partial charge in [0.1, 0.15) is 11.2 Å². The predicted molar refractivity (Wildman–Crippen MR) is 113 cm³/mol. The number of fused-ring (bicyclic) bond motifs is 3. The van der Waals surface area contributed by atoms with Gasteiger partial charge in [-0.1, -0.05) is 62.4 Å². The van der Waals surface area contributed by atoms with Crippen LogP contribution < -0.4 is 5.32 Å². The summed E-state index contributed by atoms with van der Waals surface area (Å²) in [5, 5.41) is 5.15. The standard InChI is InChI=1S/C24H25NO2/c1-4-24(2,3)17-25-23(26)13-7-5-6-10-18-14-15-22-20(16-18)19-11-8-9-12-21(19)27-22/h4-9,11-16H,1,10,17H2,2-3H3,(H,25,26)/b6-5+,13-7+. The molecule has 0 aliphatic rings. The van der Waals surface area contributed by atoms with Gasteiger partial charge < -0.3 is 9.73 Å². The Labute approximate surface area is 160 Å². The molecule has 0 radical (unpaired) electrons. The van der Waals surface area contributed by atoms with Crippen molar-refractivity contribution in [1.29, 1.82) is 0 Å². The van der Waals surface area contributed by atoms with Crippen LogP contribution in [0.15, 0.2) is 83.8 Å². The molecule has 1 aromatic heterocycles. The lowest BCUT2D eigenvalue weighted by atomic mass is 9.94. The second kappa shape index (κ2) is 8.09. The first-order valence-corrected chi connectivity index (χ1v) is 9.13. The van der Waals surface area contributed by atoms with Crippen molar-refractivity contribution in [2.24, 2.45) is 5.41 Å². The van der Waals surface area contributed by atoms with E-state index in [1.165, 1.54) is 5.56 Å². The maximum atomic E-state index is 11.8. The Kier molecular flexibility index (Phi) is 5.60. The molecule has 0 saturated heterocycles. The second-order valence-electron chi connectivity index (χ2n) is 7.33. The van der Waals surface area contributed by atoms with E-state index in [-0.39, 0.29) is 11.3 Å². The van der Waals surface area contributed by atoms with Crippen molar-refractivity contribution in [2.75, 3.05) is 6.54 Å². The lowest BCUT2D eigenvalue weighted by Crippen LogP contribution is -2.31. The quantitative estimate of drug-likeness (QED) is 0.340. The van der Waals surface area contributed by atoms with Crippen molar-refractivity contribution in [3.8, 4) is 0 Å². The van der Waals surface area contributed by atoms with Crippen molar-refractivity contribution in [2.45, 2.75) is 20.3 Å². The first-order chi connectivity index (χ1) is 13.0. The lowest BCUT2D eigenvalue weighted by Gasteiger charge is -2.19. The van der Waals surface area contributed by atoms with Crippen molar-refractivity contribution in [3.63, 3.8) is 0 Å². The highest BCUT2D eigenvalue weighted by Gasteiger charge is 2.12. The molecule has 3 nitrogen and oxygen atoms in total. The molecule has 0 bridgehead atoms. The van der Waals surface area contributed by atoms with Crippen molar-refractivity contribution < 1.29 is 9.21 Å². The Morgan fingerprint density at radius 2 is 1.89 bits per heavy atom. The molecule has 0 atom stereocenters. The molecule has 0 saturated carbocycles. The molecule has 2 aromatic carbocycles. The zero-order valence-corrected chi connectivity index (χ0v) is 15.9. The number of carbonyl (C=O) groups excluding carboxylic acids is 1. The molecular formula is C24H25NO2. The Balaban J connectivity index is 1.58. The zero-order valence-electron chi connectivity index (χ0n) is 15.9. The first-order valence-electron chi connectivity index (χ1n) is 9.13. The van der Waals surface area contributed by atoms with E-state index in [4.69, 9.17) is 4.42 Å². The van der Waals surface area contributed by atoms with E-state index in [2.05, 4.69) is 30.1 Å². The first kappa shape index (κ1) is 18.7. The summed E-state index contributed by atoms with van der Waals surface area (Å²) in [6.07, 6.45) is 9.89. The van der Waals surface area contributed by atoms with Gasteiger partial charge in [-0.15, -0.1) is 6.58 Å². The van der Waals surface area contributed by atoms with E-state index < -0.39 is 0 Å². The SMILES string of the molecule is C=CC(C)(C)CNC(=O)/C=C/C=C/Cc1ccc2oc3ccccc3c2c1. The number of rotatable bonds is 7. The zero-order chi connectivity index (χ0) is 19.3. The third-order valence-electron chi connectivity index (χ3n) is 4.56. The third kappa shape index (κ3) is 4.76. The van der Waals surface area contributed by atoms with Gasteiger partial charge in [0.2, 0.25) is 5.91 Å². The van der Waals surface area contributed by atoms with Gasteiger partial charge in [0, 0.05) is 23.4 Å². The summed E-state index contributed by atoms with van der Waals surface area (Å²) in [5.41, 5.74) is 2.92. The number of hydrogen-bond acceptors (Lipinski definition) is 2. The summed E-state index contributed by atoms with van der Waals surface area (Å²) in [7, 11) is 0. The number of carbonyl (C=O) groups is 1. The van der Waals surface area contributed by atoms with Crippen LogP contribution in [0.2, 0.25) is 0 Å². The van der Waals surface area contributed by atoms with E-state index in [1.54, 1.807) is 12.2 Å². The van der Waals surface area contributed by atoms with Crippen LogP contribution in [-0.4, -0.2) is 12.5 Å². The van der Waals surface area contributed by atoms with Crippen molar-refractivity contribution in [3.05, 3.63) is 85.0 Å². The fraction of sp³-hybridized carbons (Fsp3) is 0.208. The van der Waals surface area contributed by atoms with Crippen LogP contribution in [0.25, 0.3) is 21.9 Å². The number of benzene rings is 2. The molecule has 1 heterocycles. The Bertz CT molecular complexity index is 1020. The van der Waals surface area contributed by atoms with Crippen LogP contribution in [0.4, 0.5) is 0 Å². The molecule has 1 amide bonds. The number of para-hydroxylation sites is 1. The smallest absolute Gasteiger partial charge is 0.244 e. The largest absolute Gasteiger partial charge is 0.456 e. The molecular weight excluding hydrogens is 334 g/mol. The summed E-state index contributed by atoms with van der Waals surface area (Å²) in [5.74, 6) is -0.0964. The molecule has 1 N–H and O–H groups in total. The predicted octanol–water partition coefficient (Wildman–Crippen LogP) is 5.57.